The molecule has 2 amide bonds. The lowest BCUT2D eigenvalue weighted by Crippen LogP contribution is -2.51. The summed E-state index contributed by atoms with van der Waals surface area (Å²) >= 11 is 1.54. The maximum absolute atomic E-state index is 14.0. The molecule has 0 aromatic heterocycles. The molecular weight excluding hydrogens is 579 g/mol. The van der Waals surface area contributed by atoms with Crippen LogP contribution in [0.3, 0.4) is 0 Å². The molecule has 0 spiro atoms. The number of hydrogen-bond donors (Lipinski definition) is 3. The van der Waals surface area contributed by atoms with E-state index >= 15 is 0 Å². The molecule has 0 radical (unpaired) electrons. The van der Waals surface area contributed by atoms with Gasteiger partial charge in [-0.05, 0) is 62.1 Å². The Morgan fingerprint density at radius 1 is 1.13 bits per heavy atom. The standard InChI is InChI=1S/C37H51N5O2S/c1-5-8-16-31(28(4)7-3)22-23-33(41-45-27-30-14-11-10-12-15-30)37(44)42-25-13-17-34(42)36(43)40-26-29-18-20-32(21-19-29)35(38)39-24-9-6-2/h5,8,10-12,14-16,18-21,33-34,41H,4,6-7,9,13,17,22-27H2,1-3H3,(H2,38,39)(H,40,43). The molecule has 3 rings (SSSR count). The second kappa shape index (κ2) is 19.7. The third-order valence-corrected chi connectivity index (χ3v) is 8.96. The number of carbonyl (C=O) groups is 2. The van der Waals surface area contributed by atoms with Gasteiger partial charge in [-0.1, -0.05) is 117 Å². The summed E-state index contributed by atoms with van der Waals surface area (Å²) in [5, 5.41) is 3.07. The highest BCUT2D eigenvalue weighted by atomic mass is 32.2. The van der Waals surface area contributed by atoms with E-state index in [0.717, 1.165) is 66.7 Å². The van der Waals surface area contributed by atoms with Crippen molar-refractivity contribution < 1.29 is 9.59 Å². The molecule has 1 aliphatic heterocycles. The van der Waals surface area contributed by atoms with Crippen molar-refractivity contribution in [2.24, 2.45) is 10.7 Å². The number of allylic oxidation sites excluding steroid dienone is 5. The topological polar surface area (TPSA) is 99.8 Å². The van der Waals surface area contributed by atoms with Gasteiger partial charge in [0.05, 0.1) is 6.04 Å². The summed E-state index contributed by atoms with van der Waals surface area (Å²) in [6.07, 6.45) is 11.9. The Kier molecular flexibility index (Phi) is 15.7. The minimum absolute atomic E-state index is 0.0251. The fraction of sp³-hybridized carbons (Fsp3) is 0.432. The van der Waals surface area contributed by atoms with Gasteiger partial charge in [-0.15, -0.1) is 0 Å². The number of amides is 2. The number of likely N-dealkylation sites (tertiary alicyclic amines) is 1. The van der Waals surface area contributed by atoms with E-state index in [4.69, 9.17) is 5.73 Å². The first-order chi connectivity index (χ1) is 21.9. The van der Waals surface area contributed by atoms with Gasteiger partial charge >= 0.3 is 0 Å². The Morgan fingerprint density at radius 2 is 1.89 bits per heavy atom. The van der Waals surface area contributed by atoms with Crippen LogP contribution in [0.2, 0.25) is 0 Å². The Labute approximate surface area is 274 Å². The van der Waals surface area contributed by atoms with Crippen molar-refractivity contribution in [2.75, 3.05) is 13.1 Å². The number of rotatable bonds is 18. The van der Waals surface area contributed by atoms with Crippen molar-refractivity contribution in [3.05, 3.63) is 107 Å². The number of benzene rings is 2. The van der Waals surface area contributed by atoms with Crippen LogP contribution in [0.1, 0.15) is 82.4 Å². The third kappa shape index (κ3) is 11.7. The summed E-state index contributed by atoms with van der Waals surface area (Å²) in [5.74, 6) is 1.14. The number of nitrogens with one attached hydrogen (secondary N) is 2. The van der Waals surface area contributed by atoms with Crippen molar-refractivity contribution >= 4 is 29.6 Å². The Hall–Kier alpha value is -3.62. The first-order valence-corrected chi connectivity index (χ1v) is 17.2. The molecule has 1 aliphatic rings. The maximum Gasteiger partial charge on any atom is 0.243 e. The zero-order valence-electron chi connectivity index (χ0n) is 27.3. The predicted octanol–water partition coefficient (Wildman–Crippen LogP) is 6.85. The van der Waals surface area contributed by atoms with Gasteiger partial charge in [0.25, 0.3) is 0 Å². The molecule has 2 atom stereocenters. The number of nitrogens with zero attached hydrogens (tertiary/aromatic N) is 2. The molecule has 45 heavy (non-hydrogen) atoms. The molecule has 2 aromatic carbocycles. The van der Waals surface area contributed by atoms with Crippen LogP contribution < -0.4 is 15.8 Å². The zero-order chi connectivity index (χ0) is 32.4. The highest BCUT2D eigenvalue weighted by Gasteiger charge is 2.37. The van der Waals surface area contributed by atoms with E-state index in [0.29, 0.717) is 31.8 Å². The second-order valence-corrected chi connectivity index (χ2v) is 12.2. The van der Waals surface area contributed by atoms with Crippen LogP contribution >= 0.6 is 11.9 Å². The molecule has 0 bridgehead atoms. The van der Waals surface area contributed by atoms with Gasteiger partial charge in [0.1, 0.15) is 11.9 Å². The monoisotopic (exact) mass is 629 g/mol. The molecule has 242 valence electrons. The first-order valence-electron chi connectivity index (χ1n) is 16.3. The third-order valence-electron chi connectivity index (χ3n) is 8.03. The van der Waals surface area contributed by atoms with Gasteiger partial charge in [-0.3, -0.25) is 19.3 Å². The summed E-state index contributed by atoms with van der Waals surface area (Å²) in [6, 6.07) is 17.1. The number of nitrogens with two attached hydrogens (primary N) is 1. The minimum atomic E-state index is -0.481. The molecule has 1 heterocycles. The fourth-order valence-corrected chi connectivity index (χ4v) is 6.06. The van der Waals surface area contributed by atoms with Crippen LogP contribution in [0.25, 0.3) is 0 Å². The van der Waals surface area contributed by atoms with Crippen molar-refractivity contribution in [2.45, 2.75) is 90.1 Å². The van der Waals surface area contributed by atoms with Crippen molar-refractivity contribution in [1.29, 1.82) is 0 Å². The summed E-state index contributed by atoms with van der Waals surface area (Å²) in [6.45, 7) is 12.2. The van der Waals surface area contributed by atoms with E-state index in [1.54, 1.807) is 4.90 Å². The van der Waals surface area contributed by atoms with Gasteiger partial charge in [-0.25, -0.2) is 0 Å². The molecular formula is C37H51N5O2S. The largest absolute Gasteiger partial charge is 0.384 e. The highest BCUT2D eigenvalue weighted by Crippen LogP contribution is 2.24. The van der Waals surface area contributed by atoms with E-state index < -0.39 is 12.1 Å². The highest BCUT2D eigenvalue weighted by molar-refractivity contribution is 7.96. The molecule has 1 fully saturated rings. The molecule has 4 N–H and O–H groups in total. The number of unbranched alkanes of at least 4 members (excludes halogenated alkanes) is 1. The second-order valence-electron chi connectivity index (χ2n) is 11.4. The van der Waals surface area contributed by atoms with Gasteiger partial charge in [0.2, 0.25) is 11.8 Å². The first kappa shape index (κ1) is 35.9. The Morgan fingerprint density at radius 3 is 2.58 bits per heavy atom. The SMILES string of the molecule is C=C(CC)C(=CC=CC)CCC(NSCc1ccccc1)C(=O)N1CCCC1C(=O)NCc1ccc(C(N)=NCCCC)cc1. The summed E-state index contributed by atoms with van der Waals surface area (Å²) in [7, 11) is 0. The van der Waals surface area contributed by atoms with Crippen LogP contribution in [-0.4, -0.2) is 47.7 Å². The zero-order valence-corrected chi connectivity index (χ0v) is 28.1. The maximum atomic E-state index is 14.0. The van der Waals surface area contributed by atoms with Crippen LogP contribution in [-0.2, 0) is 21.9 Å². The Balaban J connectivity index is 1.66. The molecule has 1 saturated heterocycles. The van der Waals surface area contributed by atoms with E-state index in [-0.39, 0.29) is 11.8 Å². The molecule has 2 unspecified atom stereocenters. The van der Waals surface area contributed by atoms with Crippen LogP contribution in [0, 0.1) is 0 Å². The molecule has 7 nitrogen and oxygen atoms in total. The molecule has 8 heteroatoms. The van der Waals surface area contributed by atoms with Crippen LogP contribution in [0.15, 0.2) is 95.5 Å². The van der Waals surface area contributed by atoms with Crippen LogP contribution in [0.4, 0.5) is 0 Å². The molecule has 0 saturated carbocycles. The van der Waals surface area contributed by atoms with Gasteiger partial charge in [-0.2, -0.15) is 0 Å². The van der Waals surface area contributed by atoms with E-state index in [1.807, 2.05) is 61.5 Å². The Bertz CT molecular complexity index is 1320. The van der Waals surface area contributed by atoms with E-state index in [2.05, 4.69) is 53.7 Å². The van der Waals surface area contributed by atoms with Crippen LogP contribution in [0.5, 0.6) is 0 Å². The average Bonchev–Trinajstić information content (AvgIpc) is 3.57. The lowest BCUT2D eigenvalue weighted by Gasteiger charge is -2.29. The fourth-order valence-electron chi connectivity index (χ4n) is 5.20. The predicted molar refractivity (Wildman–Crippen MR) is 190 cm³/mol. The number of amidine groups is 1. The van der Waals surface area contributed by atoms with Gasteiger partial charge in [0.15, 0.2) is 0 Å². The summed E-state index contributed by atoms with van der Waals surface area (Å²) < 4.78 is 3.46. The molecule has 0 aliphatic carbocycles. The lowest BCUT2D eigenvalue weighted by molar-refractivity contribution is -0.139. The molecule has 2 aromatic rings. The minimum Gasteiger partial charge on any atom is -0.384 e. The lowest BCUT2D eigenvalue weighted by atomic mass is 9.97. The van der Waals surface area contributed by atoms with Crippen molar-refractivity contribution in [3.8, 4) is 0 Å². The summed E-state index contributed by atoms with van der Waals surface area (Å²) in [5.41, 5.74) is 11.4. The summed E-state index contributed by atoms with van der Waals surface area (Å²) in [4.78, 5) is 33.6. The smallest absolute Gasteiger partial charge is 0.243 e. The average molecular weight is 630 g/mol. The van der Waals surface area contributed by atoms with Gasteiger partial charge in [0, 0.05) is 31.0 Å². The quantitative estimate of drug-likeness (QED) is 0.0551. The normalized spacial score (nSPS) is 16.2. The van der Waals surface area contributed by atoms with Gasteiger partial charge < -0.3 is 16.0 Å². The van der Waals surface area contributed by atoms with E-state index in [1.165, 1.54) is 17.5 Å². The van der Waals surface area contributed by atoms with Crippen molar-refractivity contribution in [3.63, 3.8) is 0 Å². The van der Waals surface area contributed by atoms with Crippen molar-refractivity contribution in [1.82, 2.24) is 14.9 Å². The number of hydrogen-bond acceptors (Lipinski definition) is 5. The number of aliphatic imine (C=N–C) groups is 1. The van der Waals surface area contributed by atoms with E-state index in [9.17, 15) is 9.59 Å². The number of carbonyl (C=O) groups excluding carboxylic acids is 2.